The molecule has 2 unspecified atom stereocenters. The molecule has 6 rings (SSSR count). The number of thioether (sulfide) groups is 1. The van der Waals surface area contributed by atoms with Gasteiger partial charge in [-0.2, -0.15) is 0 Å². The van der Waals surface area contributed by atoms with Crippen molar-refractivity contribution in [3.8, 4) is 5.75 Å². The minimum absolute atomic E-state index is 0.106. The van der Waals surface area contributed by atoms with E-state index in [9.17, 15) is 8.78 Å². The number of allylic oxidation sites excluding steroid dienone is 1. The quantitative estimate of drug-likeness (QED) is 0.352. The maximum atomic E-state index is 14.0. The van der Waals surface area contributed by atoms with Crippen molar-refractivity contribution in [1.29, 1.82) is 0 Å². The molecule has 0 aromatic heterocycles. The van der Waals surface area contributed by atoms with E-state index in [0.717, 1.165) is 57.4 Å². The van der Waals surface area contributed by atoms with Crippen molar-refractivity contribution in [3.05, 3.63) is 123 Å². The van der Waals surface area contributed by atoms with E-state index in [2.05, 4.69) is 35.4 Å². The molecule has 0 saturated carbocycles. The number of nitrogens with zero attached hydrogens (tertiary/aromatic N) is 2. The molecule has 2 heterocycles. The first-order valence-electron chi connectivity index (χ1n) is 12.3. The summed E-state index contributed by atoms with van der Waals surface area (Å²) in [5.74, 6) is 0.717. The van der Waals surface area contributed by atoms with Gasteiger partial charge in [-0.1, -0.05) is 43.0 Å². The third kappa shape index (κ3) is 4.51. The highest BCUT2D eigenvalue weighted by atomic mass is 32.2. The minimum Gasteiger partial charge on any atom is -0.497 e. The van der Waals surface area contributed by atoms with Gasteiger partial charge in [0.25, 0.3) is 0 Å². The van der Waals surface area contributed by atoms with Crippen LogP contribution in [0.2, 0.25) is 0 Å². The molecule has 0 spiro atoms. The average Bonchev–Trinajstić information content (AvgIpc) is 3.33. The lowest BCUT2D eigenvalue weighted by Gasteiger charge is -2.41. The second-order valence-electron chi connectivity index (χ2n) is 9.68. The Morgan fingerprint density at radius 2 is 1.59 bits per heavy atom. The molecule has 2 aliphatic heterocycles. The topological polar surface area (TPSA) is 24.8 Å². The number of hydrogen-bond acceptors (Lipinski definition) is 4. The summed E-state index contributed by atoms with van der Waals surface area (Å²) < 4.78 is 32.8. The van der Waals surface area contributed by atoms with Crippen molar-refractivity contribution in [2.24, 2.45) is 10.9 Å². The molecule has 186 valence electrons. The molecule has 3 aromatic rings. The first-order valence-corrected chi connectivity index (χ1v) is 13.2. The molecule has 1 aliphatic carbocycles. The van der Waals surface area contributed by atoms with Crippen molar-refractivity contribution >= 4 is 28.7 Å². The van der Waals surface area contributed by atoms with Crippen LogP contribution in [0, 0.1) is 17.6 Å². The molecular weight excluding hydrogens is 486 g/mol. The second kappa shape index (κ2) is 9.67. The first kappa shape index (κ1) is 23.7. The Labute approximate surface area is 219 Å². The van der Waals surface area contributed by atoms with E-state index < -0.39 is 0 Å². The van der Waals surface area contributed by atoms with Gasteiger partial charge in [-0.25, -0.2) is 13.8 Å². The highest BCUT2D eigenvalue weighted by Gasteiger charge is 2.41. The Bertz CT molecular complexity index is 1450. The van der Waals surface area contributed by atoms with Crippen LogP contribution < -0.4 is 4.74 Å². The van der Waals surface area contributed by atoms with E-state index in [1.165, 1.54) is 29.8 Å². The van der Waals surface area contributed by atoms with Gasteiger partial charge < -0.3 is 9.64 Å². The predicted molar refractivity (Wildman–Crippen MR) is 147 cm³/mol. The fraction of sp³-hybridized carbons (Fsp3) is 0.194. The van der Waals surface area contributed by atoms with Crippen molar-refractivity contribution in [2.75, 3.05) is 7.11 Å². The molecule has 0 bridgehead atoms. The lowest BCUT2D eigenvalue weighted by molar-refractivity contribution is 0.414. The summed E-state index contributed by atoms with van der Waals surface area (Å²) in [6, 6.07) is 21.3. The smallest absolute Gasteiger partial charge is 0.174 e. The molecule has 2 atom stereocenters. The van der Waals surface area contributed by atoms with Crippen LogP contribution in [0.5, 0.6) is 5.75 Å². The van der Waals surface area contributed by atoms with Gasteiger partial charge in [-0.3, -0.25) is 0 Å². The van der Waals surface area contributed by atoms with Gasteiger partial charge in [0.2, 0.25) is 0 Å². The number of halogens is 2. The van der Waals surface area contributed by atoms with Crippen LogP contribution in [0.3, 0.4) is 0 Å². The Kier molecular flexibility index (Phi) is 6.21. The number of rotatable bonds is 4. The third-order valence-corrected chi connectivity index (χ3v) is 7.90. The van der Waals surface area contributed by atoms with Gasteiger partial charge >= 0.3 is 0 Å². The number of hydrogen-bond donors (Lipinski definition) is 0. The Morgan fingerprint density at radius 3 is 2.27 bits per heavy atom. The van der Waals surface area contributed by atoms with Crippen molar-refractivity contribution in [3.63, 3.8) is 0 Å². The largest absolute Gasteiger partial charge is 0.497 e. The Balaban J connectivity index is 1.49. The molecule has 3 aliphatic rings. The van der Waals surface area contributed by atoms with Gasteiger partial charge in [0.05, 0.1) is 24.5 Å². The number of ether oxygens (including phenoxy) is 1. The predicted octanol–water partition coefficient (Wildman–Crippen LogP) is 8.20. The lowest BCUT2D eigenvalue weighted by atomic mass is 9.78. The van der Waals surface area contributed by atoms with Crippen LogP contribution in [-0.2, 0) is 0 Å². The summed E-state index contributed by atoms with van der Waals surface area (Å²) in [5, 5.41) is 3.04. The SMILES string of the molecule is COc1ccc(C2=CSC3=NC4=C(CC(C)C/C4=C\c4ccc(F)cc4)C(c4ccc(F)cc4)N23)cc1. The van der Waals surface area contributed by atoms with Crippen molar-refractivity contribution in [1.82, 2.24) is 4.90 Å². The maximum Gasteiger partial charge on any atom is 0.174 e. The van der Waals surface area contributed by atoms with Crippen LogP contribution in [-0.4, -0.2) is 17.2 Å². The fourth-order valence-corrected chi connectivity index (χ4v) is 6.29. The van der Waals surface area contributed by atoms with E-state index in [0.29, 0.717) is 5.92 Å². The van der Waals surface area contributed by atoms with Gasteiger partial charge in [0, 0.05) is 5.41 Å². The maximum absolute atomic E-state index is 14.0. The van der Waals surface area contributed by atoms with E-state index in [1.807, 2.05) is 24.3 Å². The molecule has 37 heavy (non-hydrogen) atoms. The summed E-state index contributed by atoms with van der Waals surface area (Å²) in [5.41, 5.74) is 7.49. The Morgan fingerprint density at radius 1 is 0.919 bits per heavy atom. The van der Waals surface area contributed by atoms with E-state index >= 15 is 0 Å². The zero-order chi connectivity index (χ0) is 25.5. The molecule has 3 aromatic carbocycles. The third-order valence-electron chi connectivity index (χ3n) is 7.06. The van der Waals surface area contributed by atoms with Gasteiger partial charge in [0.1, 0.15) is 17.4 Å². The van der Waals surface area contributed by atoms with Crippen LogP contribution >= 0.6 is 11.8 Å². The molecule has 0 N–H and O–H groups in total. The van der Waals surface area contributed by atoms with E-state index in [4.69, 9.17) is 9.73 Å². The lowest BCUT2D eigenvalue weighted by Crippen LogP contribution is -2.35. The van der Waals surface area contributed by atoms with E-state index in [1.54, 1.807) is 31.0 Å². The highest BCUT2D eigenvalue weighted by molar-refractivity contribution is 8.16. The average molecular weight is 513 g/mol. The molecule has 0 saturated heterocycles. The summed E-state index contributed by atoms with van der Waals surface area (Å²) in [6.45, 7) is 2.25. The molecular formula is C31H26F2N2OS. The number of amidine groups is 1. The van der Waals surface area contributed by atoms with Gasteiger partial charge in [-0.05, 0) is 101 Å². The minimum atomic E-state index is -0.252. The zero-order valence-electron chi connectivity index (χ0n) is 20.6. The first-order chi connectivity index (χ1) is 18.0. The van der Waals surface area contributed by atoms with Gasteiger partial charge in [-0.15, -0.1) is 0 Å². The number of fused-ring (bicyclic) bond motifs is 1. The number of aliphatic imine (C=N–C) groups is 1. The van der Waals surface area contributed by atoms with E-state index in [-0.39, 0.29) is 17.7 Å². The summed E-state index contributed by atoms with van der Waals surface area (Å²) in [7, 11) is 1.66. The zero-order valence-corrected chi connectivity index (χ0v) is 21.4. The Hall–Kier alpha value is -3.64. The van der Waals surface area contributed by atoms with Gasteiger partial charge in [0.15, 0.2) is 5.17 Å². The monoisotopic (exact) mass is 512 g/mol. The standard InChI is InChI=1S/C31H26F2N2OS/c1-19-15-23(17-20-3-9-24(32)10-4-20)29-27(16-19)30(22-5-11-25(33)12-6-22)35-28(18-37-31(35)34-29)21-7-13-26(36-2)14-8-21/h3-14,17-19,30H,15-16H2,1-2H3/b23-17+. The summed E-state index contributed by atoms with van der Waals surface area (Å²) in [4.78, 5) is 7.47. The van der Waals surface area contributed by atoms with Crippen LogP contribution in [0.1, 0.15) is 42.5 Å². The molecule has 0 fully saturated rings. The van der Waals surface area contributed by atoms with Crippen molar-refractivity contribution < 1.29 is 13.5 Å². The van der Waals surface area contributed by atoms with Crippen LogP contribution in [0.25, 0.3) is 11.8 Å². The summed E-state index contributed by atoms with van der Waals surface area (Å²) >= 11 is 1.61. The van der Waals surface area contributed by atoms with Crippen LogP contribution in [0.15, 0.2) is 100 Å². The molecule has 6 heteroatoms. The second-order valence-corrected chi connectivity index (χ2v) is 10.5. The summed E-state index contributed by atoms with van der Waals surface area (Å²) in [6.07, 6.45) is 3.92. The molecule has 3 nitrogen and oxygen atoms in total. The highest BCUT2D eigenvalue weighted by Crippen LogP contribution is 2.52. The number of methoxy groups -OCH3 is 1. The van der Waals surface area contributed by atoms with Crippen molar-refractivity contribution in [2.45, 2.75) is 25.8 Å². The van der Waals surface area contributed by atoms with Crippen LogP contribution in [0.4, 0.5) is 8.78 Å². The molecule has 0 radical (unpaired) electrons. The number of benzene rings is 3. The fourth-order valence-electron chi connectivity index (χ4n) is 5.37. The normalized spacial score (nSPS) is 21.9. The molecule has 0 amide bonds.